The number of halogens is 1. The van der Waals surface area contributed by atoms with Crippen LogP contribution in [0.2, 0.25) is 5.02 Å². The number of aliphatic carboxylic acids is 1. The van der Waals surface area contributed by atoms with E-state index in [0.717, 1.165) is 0 Å². The summed E-state index contributed by atoms with van der Waals surface area (Å²) in [5.41, 5.74) is 0.601. The fourth-order valence-electron chi connectivity index (χ4n) is 2.72. The lowest BCUT2D eigenvalue weighted by Crippen LogP contribution is -2.44. The van der Waals surface area contributed by atoms with Gasteiger partial charge in [-0.05, 0) is 43.2 Å². The Labute approximate surface area is 155 Å². The van der Waals surface area contributed by atoms with Gasteiger partial charge in [0.25, 0.3) is 0 Å². The largest absolute Gasteiger partial charge is 0.481 e. The number of rotatable bonds is 4. The molecule has 8 heteroatoms. The van der Waals surface area contributed by atoms with Crippen LogP contribution in [0.3, 0.4) is 0 Å². The minimum atomic E-state index is -0.861. The Morgan fingerprint density at radius 1 is 1.23 bits per heavy atom. The second-order valence-electron chi connectivity index (χ2n) is 5.99. The van der Waals surface area contributed by atoms with Gasteiger partial charge in [0.05, 0.1) is 10.9 Å². The number of hydrogen-bond acceptors (Lipinski definition) is 4. The molecule has 1 aliphatic rings. The molecular weight excluding hydrogens is 358 g/mol. The van der Waals surface area contributed by atoms with Crippen molar-refractivity contribution in [2.24, 2.45) is 5.92 Å². The Morgan fingerprint density at radius 3 is 2.65 bits per heavy atom. The molecule has 1 unspecified atom stereocenters. The summed E-state index contributed by atoms with van der Waals surface area (Å²) in [6.45, 7) is 0.781. The quantitative estimate of drug-likeness (QED) is 0.846. The van der Waals surface area contributed by atoms with Gasteiger partial charge in [0.15, 0.2) is 0 Å². The van der Waals surface area contributed by atoms with Gasteiger partial charge in [-0.2, -0.15) is 0 Å². The zero-order valence-electron chi connectivity index (χ0n) is 13.9. The molecular formula is C18H18ClN3O4. The number of ether oxygens (including phenoxy) is 1. The van der Waals surface area contributed by atoms with Crippen LogP contribution in [-0.4, -0.2) is 40.1 Å². The van der Waals surface area contributed by atoms with Crippen molar-refractivity contribution in [1.82, 2.24) is 9.88 Å². The smallest absolute Gasteiger partial charge is 0.321 e. The first-order valence-electron chi connectivity index (χ1n) is 8.19. The van der Waals surface area contributed by atoms with Crippen LogP contribution in [0.5, 0.6) is 11.6 Å². The fourth-order valence-corrected chi connectivity index (χ4v) is 2.83. The average Bonchev–Trinajstić information content (AvgIpc) is 2.65. The number of carboxylic acid groups (broad SMARTS) is 1. The van der Waals surface area contributed by atoms with E-state index in [4.69, 9.17) is 21.4 Å². The first-order chi connectivity index (χ1) is 12.5. The molecule has 3 rings (SSSR count). The van der Waals surface area contributed by atoms with Crippen LogP contribution in [0.1, 0.15) is 12.8 Å². The number of pyridine rings is 1. The summed E-state index contributed by atoms with van der Waals surface area (Å²) >= 11 is 5.78. The molecule has 26 heavy (non-hydrogen) atoms. The maximum Gasteiger partial charge on any atom is 0.321 e. The second-order valence-corrected chi connectivity index (χ2v) is 6.43. The zero-order chi connectivity index (χ0) is 18.5. The summed E-state index contributed by atoms with van der Waals surface area (Å²) < 4.78 is 5.59. The van der Waals surface area contributed by atoms with E-state index < -0.39 is 11.9 Å². The number of carbonyl (C=O) groups excluding carboxylic acids is 1. The van der Waals surface area contributed by atoms with Gasteiger partial charge in [-0.25, -0.2) is 9.78 Å². The molecule has 0 radical (unpaired) electrons. The molecule has 1 atom stereocenters. The highest BCUT2D eigenvalue weighted by molar-refractivity contribution is 6.30. The number of nitrogens with one attached hydrogen (secondary N) is 1. The Kier molecular flexibility index (Phi) is 5.58. The number of piperidine rings is 1. The Bertz CT molecular complexity index is 780. The molecule has 0 spiro atoms. The van der Waals surface area contributed by atoms with Crippen molar-refractivity contribution < 1.29 is 19.4 Å². The van der Waals surface area contributed by atoms with E-state index in [1.165, 1.54) is 11.1 Å². The highest BCUT2D eigenvalue weighted by Gasteiger charge is 2.28. The highest BCUT2D eigenvalue weighted by atomic mass is 35.5. The van der Waals surface area contributed by atoms with E-state index in [-0.39, 0.29) is 12.6 Å². The third-order valence-electron chi connectivity index (χ3n) is 4.09. The number of benzene rings is 1. The van der Waals surface area contributed by atoms with E-state index in [1.54, 1.807) is 36.4 Å². The Morgan fingerprint density at radius 2 is 2.00 bits per heavy atom. The van der Waals surface area contributed by atoms with Crippen LogP contribution < -0.4 is 10.1 Å². The minimum absolute atomic E-state index is 0.227. The van der Waals surface area contributed by atoms with E-state index in [2.05, 4.69) is 10.3 Å². The van der Waals surface area contributed by atoms with Crippen molar-refractivity contribution in [3.63, 3.8) is 0 Å². The Balaban J connectivity index is 1.57. The van der Waals surface area contributed by atoms with Crippen molar-refractivity contribution in [2.45, 2.75) is 12.8 Å². The third kappa shape index (κ3) is 4.64. The number of nitrogens with zero attached hydrogens (tertiary/aromatic N) is 2. The summed E-state index contributed by atoms with van der Waals surface area (Å²) in [6, 6.07) is 9.88. The van der Waals surface area contributed by atoms with Gasteiger partial charge in [0, 0.05) is 31.0 Å². The topological polar surface area (TPSA) is 91.8 Å². The molecule has 1 fully saturated rings. The van der Waals surface area contributed by atoms with Crippen LogP contribution >= 0.6 is 11.6 Å². The number of carboxylic acids is 1. The van der Waals surface area contributed by atoms with Crippen molar-refractivity contribution in [3.05, 3.63) is 47.6 Å². The van der Waals surface area contributed by atoms with Crippen molar-refractivity contribution >= 4 is 29.3 Å². The number of aromatic nitrogens is 1. The van der Waals surface area contributed by atoms with Crippen LogP contribution in [0.25, 0.3) is 0 Å². The summed E-state index contributed by atoms with van der Waals surface area (Å²) in [4.78, 5) is 29.0. The second kappa shape index (κ2) is 8.05. The summed E-state index contributed by atoms with van der Waals surface area (Å²) in [5, 5.41) is 12.4. The number of anilines is 1. The van der Waals surface area contributed by atoms with Crippen LogP contribution in [0.4, 0.5) is 10.5 Å². The molecule has 2 amide bonds. The summed E-state index contributed by atoms with van der Waals surface area (Å²) in [6.07, 6.45) is 2.78. The summed E-state index contributed by atoms with van der Waals surface area (Å²) in [5.74, 6) is -0.377. The van der Waals surface area contributed by atoms with E-state index in [9.17, 15) is 9.59 Å². The molecule has 136 valence electrons. The van der Waals surface area contributed by atoms with Gasteiger partial charge in [0.2, 0.25) is 5.88 Å². The number of urea groups is 1. The van der Waals surface area contributed by atoms with Crippen LogP contribution in [0, 0.1) is 5.92 Å². The van der Waals surface area contributed by atoms with Crippen molar-refractivity contribution in [2.75, 3.05) is 18.4 Å². The minimum Gasteiger partial charge on any atom is -0.481 e. The lowest BCUT2D eigenvalue weighted by molar-refractivity contribution is -0.143. The van der Waals surface area contributed by atoms with Crippen molar-refractivity contribution in [1.29, 1.82) is 0 Å². The number of likely N-dealkylation sites (tertiary alicyclic amines) is 1. The zero-order valence-corrected chi connectivity index (χ0v) is 14.6. The first-order valence-corrected chi connectivity index (χ1v) is 8.57. The lowest BCUT2D eigenvalue weighted by Gasteiger charge is -2.30. The van der Waals surface area contributed by atoms with E-state index >= 15 is 0 Å². The lowest BCUT2D eigenvalue weighted by atomic mass is 9.99. The standard InChI is InChI=1S/C18H18ClN3O4/c19-13-3-8-16(20-10-13)26-15-6-4-14(5-7-15)21-18(25)22-9-1-2-12(11-22)17(23)24/h3-8,10,12H,1-2,9,11H2,(H,21,25)(H,23,24). The first kappa shape index (κ1) is 18.0. The maximum absolute atomic E-state index is 12.3. The van der Waals surface area contributed by atoms with Gasteiger partial charge >= 0.3 is 12.0 Å². The molecule has 1 aliphatic heterocycles. The number of amides is 2. The third-order valence-corrected chi connectivity index (χ3v) is 4.31. The SMILES string of the molecule is O=C(O)C1CCCN(C(=O)Nc2ccc(Oc3ccc(Cl)cn3)cc2)C1. The highest BCUT2D eigenvalue weighted by Crippen LogP contribution is 2.23. The molecule has 7 nitrogen and oxygen atoms in total. The molecule has 2 aromatic rings. The molecule has 1 aromatic heterocycles. The normalized spacial score (nSPS) is 16.8. The monoisotopic (exact) mass is 375 g/mol. The molecule has 2 N–H and O–H groups in total. The molecule has 0 saturated carbocycles. The Hall–Kier alpha value is -2.80. The van der Waals surface area contributed by atoms with Gasteiger partial charge in [-0.1, -0.05) is 11.6 Å². The average molecular weight is 376 g/mol. The predicted octanol–water partition coefficient (Wildman–Crippen LogP) is 3.86. The van der Waals surface area contributed by atoms with Crippen molar-refractivity contribution in [3.8, 4) is 11.6 Å². The van der Waals surface area contributed by atoms with Crippen LogP contribution in [-0.2, 0) is 4.79 Å². The number of hydrogen-bond donors (Lipinski definition) is 2. The van der Waals surface area contributed by atoms with Gasteiger partial charge in [0.1, 0.15) is 5.75 Å². The maximum atomic E-state index is 12.3. The van der Waals surface area contributed by atoms with E-state index in [1.807, 2.05) is 0 Å². The molecule has 0 aliphatic carbocycles. The number of carbonyl (C=O) groups is 2. The fraction of sp³-hybridized carbons (Fsp3) is 0.278. The van der Waals surface area contributed by atoms with Gasteiger partial charge in [-0.3, -0.25) is 4.79 Å². The van der Waals surface area contributed by atoms with Gasteiger partial charge in [-0.15, -0.1) is 0 Å². The molecule has 0 bridgehead atoms. The summed E-state index contributed by atoms with van der Waals surface area (Å²) in [7, 11) is 0. The molecule has 1 aromatic carbocycles. The molecule has 2 heterocycles. The van der Waals surface area contributed by atoms with Crippen LogP contribution in [0.15, 0.2) is 42.6 Å². The predicted molar refractivity (Wildman–Crippen MR) is 96.7 cm³/mol. The molecule has 1 saturated heterocycles. The van der Waals surface area contributed by atoms with Gasteiger partial charge < -0.3 is 20.1 Å². The van der Waals surface area contributed by atoms with E-state index in [0.29, 0.717) is 41.7 Å².